The van der Waals surface area contributed by atoms with E-state index in [9.17, 15) is 10.0 Å². The third-order valence-corrected chi connectivity index (χ3v) is 7.22. The minimum Gasteiger partial charge on any atom is -0.496 e. The first kappa shape index (κ1) is 21.6. The summed E-state index contributed by atoms with van der Waals surface area (Å²) in [5, 5.41) is 13.1. The Morgan fingerprint density at radius 3 is 2.61 bits per heavy atom. The zero-order valence-electron chi connectivity index (χ0n) is 17.3. The van der Waals surface area contributed by atoms with Gasteiger partial charge in [0.25, 0.3) is 0 Å². The monoisotopic (exact) mass is 459 g/mol. The van der Waals surface area contributed by atoms with E-state index in [4.69, 9.17) is 25.8 Å². The zero-order chi connectivity index (χ0) is 22.2. The van der Waals surface area contributed by atoms with E-state index >= 15 is 0 Å². The molecule has 0 radical (unpaired) electrons. The van der Waals surface area contributed by atoms with Crippen LogP contribution < -0.4 is 14.2 Å². The molecule has 4 rings (SSSR count). The summed E-state index contributed by atoms with van der Waals surface area (Å²) in [5.41, 5.74) is 0.621. The summed E-state index contributed by atoms with van der Waals surface area (Å²) in [6.07, 6.45) is 2.11. The molecule has 1 spiro atoms. The maximum absolute atomic E-state index is 13.9. The Bertz CT molecular complexity index is 1090. The standard InChI is InChI=1S/C23H22ClNO5S/c1-13-9-15(25-27)10-18(31-12-14-7-5-4-6-8-14)23(13)22(26)19-16(28-2)11-17(29-3)20(24)21(19)30-23/h4-8,10-11,13,27H,9,12H2,1-3H3/b25-15+/t13-,23+/m1/s1. The number of rotatable bonds is 5. The second-order valence-electron chi connectivity index (χ2n) is 7.45. The fraction of sp³-hybridized carbons (Fsp3) is 0.304. The number of hydrogen-bond donors (Lipinski definition) is 1. The number of hydrogen-bond acceptors (Lipinski definition) is 7. The second kappa shape index (κ2) is 8.48. The van der Waals surface area contributed by atoms with Crippen molar-refractivity contribution in [1.82, 2.24) is 0 Å². The molecule has 1 aliphatic heterocycles. The van der Waals surface area contributed by atoms with E-state index in [0.29, 0.717) is 39.9 Å². The van der Waals surface area contributed by atoms with E-state index in [0.717, 1.165) is 5.56 Å². The van der Waals surface area contributed by atoms with E-state index in [-0.39, 0.29) is 22.5 Å². The maximum atomic E-state index is 13.9. The largest absolute Gasteiger partial charge is 0.496 e. The quantitative estimate of drug-likeness (QED) is 0.479. The molecule has 0 saturated heterocycles. The van der Waals surface area contributed by atoms with Crippen molar-refractivity contribution in [2.24, 2.45) is 11.1 Å². The molecule has 162 valence electrons. The average Bonchev–Trinajstić information content (AvgIpc) is 3.10. The fourth-order valence-electron chi connectivity index (χ4n) is 4.06. The molecule has 0 fully saturated rings. The number of ketones is 1. The molecule has 1 heterocycles. The molecule has 1 aliphatic carbocycles. The lowest BCUT2D eigenvalue weighted by Gasteiger charge is -2.38. The number of benzene rings is 2. The van der Waals surface area contributed by atoms with Crippen LogP contribution in [-0.4, -0.2) is 36.5 Å². The Kier molecular flexibility index (Phi) is 5.90. The van der Waals surface area contributed by atoms with Crippen molar-refractivity contribution >= 4 is 34.9 Å². The van der Waals surface area contributed by atoms with Gasteiger partial charge in [0.1, 0.15) is 22.1 Å². The van der Waals surface area contributed by atoms with Crippen LogP contribution in [-0.2, 0) is 5.75 Å². The molecule has 1 N–H and O–H groups in total. The van der Waals surface area contributed by atoms with Crippen molar-refractivity contribution in [2.45, 2.75) is 24.7 Å². The fourth-order valence-corrected chi connectivity index (χ4v) is 5.61. The predicted octanol–water partition coefficient (Wildman–Crippen LogP) is 5.36. The van der Waals surface area contributed by atoms with Gasteiger partial charge in [-0.15, -0.1) is 11.8 Å². The summed E-state index contributed by atoms with van der Waals surface area (Å²) in [6, 6.07) is 11.5. The highest BCUT2D eigenvalue weighted by molar-refractivity contribution is 8.02. The average molecular weight is 460 g/mol. The van der Waals surface area contributed by atoms with Crippen LogP contribution in [0.3, 0.4) is 0 Å². The molecule has 8 heteroatoms. The van der Waals surface area contributed by atoms with Gasteiger partial charge in [-0.3, -0.25) is 4.79 Å². The van der Waals surface area contributed by atoms with E-state index in [1.54, 1.807) is 12.1 Å². The highest BCUT2D eigenvalue weighted by Gasteiger charge is 2.58. The first-order valence-corrected chi connectivity index (χ1v) is 11.1. The predicted molar refractivity (Wildman–Crippen MR) is 121 cm³/mol. The number of allylic oxidation sites excluding steroid dienone is 1. The molecule has 2 aliphatic rings. The number of Topliss-reactive ketones (excluding diaryl/α,β-unsaturated/α-hetero) is 1. The molecule has 0 amide bonds. The van der Waals surface area contributed by atoms with Gasteiger partial charge in [0.2, 0.25) is 11.4 Å². The summed E-state index contributed by atoms with van der Waals surface area (Å²) in [5.74, 6) is 1.07. The van der Waals surface area contributed by atoms with Gasteiger partial charge < -0.3 is 19.4 Å². The van der Waals surface area contributed by atoms with Gasteiger partial charge in [0.05, 0.1) is 19.9 Å². The number of thioether (sulfide) groups is 1. The number of fused-ring (bicyclic) bond motifs is 1. The van der Waals surface area contributed by atoms with Crippen LogP contribution in [0, 0.1) is 5.92 Å². The zero-order valence-corrected chi connectivity index (χ0v) is 18.9. The number of methoxy groups -OCH3 is 2. The Labute approximate surface area is 189 Å². The van der Waals surface area contributed by atoms with Crippen LogP contribution in [0.2, 0.25) is 5.02 Å². The van der Waals surface area contributed by atoms with Crippen LogP contribution in [0.25, 0.3) is 0 Å². The molecule has 6 nitrogen and oxygen atoms in total. The molecular weight excluding hydrogens is 438 g/mol. The molecule has 31 heavy (non-hydrogen) atoms. The number of ether oxygens (including phenoxy) is 3. The third-order valence-electron chi connectivity index (χ3n) is 5.66. The van der Waals surface area contributed by atoms with Crippen molar-refractivity contribution < 1.29 is 24.2 Å². The van der Waals surface area contributed by atoms with Crippen molar-refractivity contribution in [3.8, 4) is 17.2 Å². The van der Waals surface area contributed by atoms with Crippen LogP contribution in [0.15, 0.2) is 52.5 Å². The Morgan fingerprint density at radius 1 is 1.26 bits per heavy atom. The normalized spacial score (nSPS) is 23.5. The number of carbonyl (C=O) groups excluding carboxylic acids is 1. The van der Waals surface area contributed by atoms with Gasteiger partial charge in [-0.2, -0.15) is 0 Å². The Morgan fingerprint density at radius 2 is 1.97 bits per heavy atom. The van der Waals surface area contributed by atoms with Gasteiger partial charge in [-0.1, -0.05) is 54.0 Å². The van der Waals surface area contributed by atoms with Gasteiger partial charge in [0, 0.05) is 29.1 Å². The molecule has 0 unspecified atom stereocenters. The molecule has 0 saturated carbocycles. The molecule has 2 aromatic carbocycles. The van der Waals surface area contributed by atoms with Crippen LogP contribution in [0.4, 0.5) is 0 Å². The lowest BCUT2D eigenvalue weighted by molar-refractivity contribution is 0.0524. The SMILES string of the molecule is COc1cc(OC)c2c(c1Cl)O[C@]1(C2=O)C(SCc2ccccc2)=C/C(=N/O)C[C@H]1C. The Balaban J connectivity index is 1.82. The van der Waals surface area contributed by atoms with E-state index in [1.165, 1.54) is 26.0 Å². The third kappa shape index (κ3) is 3.46. The van der Waals surface area contributed by atoms with Gasteiger partial charge in [-0.05, 0) is 11.6 Å². The maximum Gasteiger partial charge on any atom is 0.219 e. The molecule has 2 aromatic rings. The summed E-state index contributed by atoms with van der Waals surface area (Å²) >= 11 is 8.01. The molecule has 0 bridgehead atoms. The number of carbonyl (C=O) groups is 1. The van der Waals surface area contributed by atoms with Crippen LogP contribution in [0.1, 0.15) is 29.3 Å². The topological polar surface area (TPSA) is 77.4 Å². The molecule has 2 atom stereocenters. The second-order valence-corrected chi connectivity index (χ2v) is 8.84. The smallest absolute Gasteiger partial charge is 0.219 e. The minimum absolute atomic E-state index is 0.222. The lowest BCUT2D eigenvalue weighted by Crippen LogP contribution is -2.50. The van der Waals surface area contributed by atoms with E-state index < -0.39 is 5.60 Å². The van der Waals surface area contributed by atoms with Crippen molar-refractivity contribution in [1.29, 1.82) is 0 Å². The van der Waals surface area contributed by atoms with Crippen molar-refractivity contribution in [3.63, 3.8) is 0 Å². The molecular formula is C23H22ClNO5S. The highest BCUT2D eigenvalue weighted by Crippen LogP contribution is 2.56. The summed E-state index contributed by atoms with van der Waals surface area (Å²) in [4.78, 5) is 14.5. The van der Waals surface area contributed by atoms with Crippen molar-refractivity contribution in [2.75, 3.05) is 14.2 Å². The summed E-state index contributed by atoms with van der Waals surface area (Å²) < 4.78 is 17.2. The first-order chi connectivity index (χ1) is 15.0. The Hall–Kier alpha value is -2.64. The minimum atomic E-state index is -1.28. The van der Waals surface area contributed by atoms with Crippen LogP contribution >= 0.6 is 23.4 Å². The summed E-state index contributed by atoms with van der Waals surface area (Å²) in [6.45, 7) is 1.91. The van der Waals surface area contributed by atoms with E-state index in [1.807, 2.05) is 37.3 Å². The van der Waals surface area contributed by atoms with Gasteiger partial charge >= 0.3 is 0 Å². The highest BCUT2D eigenvalue weighted by atomic mass is 35.5. The molecule has 0 aromatic heterocycles. The van der Waals surface area contributed by atoms with Crippen LogP contribution in [0.5, 0.6) is 17.2 Å². The van der Waals surface area contributed by atoms with E-state index in [2.05, 4.69) is 5.16 Å². The lowest BCUT2D eigenvalue weighted by atomic mass is 9.76. The van der Waals surface area contributed by atoms with Crippen molar-refractivity contribution in [3.05, 3.63) is 63.5 Å². The number of oxime groups is 1. The first-order valence-electron chi connectivity index (χ1n) is 9.74. The van der Waals surface area contributed by atoms with Gasteiger partial charge in [0.15, 0.2) is 5.75 Å². The number of nitrogens with zero attached hydrogens (tertiary/aromatic N) is 1. The summed E-state index contributed by atoms with van der Waals surface area (Å²) in [7, 11) is 2.98. The number of halogens is 1. The van der Waals surface area contributed by atoms with Gasteiger partial charge in [-0.25, -0.2) is 0 Å².